The van der Waals surface area contributed by atoms with Gasteiger partial charge in [0.2, 0.25) is 10.0 Å². The van der Waals surface area contributed by atoms with E-state index in [-0.39, 0.29) is 11.8 Å². The van der Waals surface area contributed by atoms with Gasteiger partial charge in [-0.2, -0.15) is 0 Å². The minimum atomic E-state index is -3.62. The second-order valence-corrected chi connectivity index (χ2v) is 12.2. The van der Waals surface area contributed by atoms with Crippen molar-refractivity contribution in [1.82, 2.24) is 9.62 Å². The number of methoxy groups -OCH3 is 1. The third-order valence-corrected chi connectivity index (χ3v) is 10.2. The van der Waals surface area contributed by atoms with Crippen LogP contribution in [0.1, 0.15) is 41.5 Å². The van der Waals surface area contributed by atoms with Gasteiger partial charge in [-0.25, -0.2) is 13.1 Å². The maximum Gasteiger partial charge on any atom is 0.216 e. The summed E-state index contributed by atoms with van der Waals surface area (Å²) >= 11 is 0. The molecule has 5 atom stereocenters. The number of hydrogen-bond acceptors (Lipinski definition) is 6. The van der Waals surface area contributed by atoms with Crippen LogP contribution in [0.2, 0.25) is 0 Å². The van der Waals surface area contributed by atoms with Crippen molar-refractivity contribution in [2.24, 2.45) is 0 Å². The van der Waals surface area contributed by atoms with Gasteiger partial charge in [-0.15, -0.1) is 0 Å². The van der Waals surface area contributed by atoms with E-state index in [1.165, 1.54) is 5.56 Å². The zero-order valence-corrected chi connectivity index (χ0v) is 20.7. The van der Waals surface area contributed by atoms with Gasteiger partial charge < -0.3 is 19.5 Å². The van der Waals surface area contributed by atoms with Crippen LogP contribution in [0.15, 0.2) is 36.4 Å². The van der Waals surface area contributed by atoms with Gasteiger partial charge in [0.05, 0.1) is 29.9 Å². The number of piperidine rings is 1. The van der Waals surface area contributed by atoms with E-state index < -0.39 is 33.2 Å². The molecule has 2 N–H and O–H groups in total. The fourth-order valence-electron chi connectivity index (χ4n) is 7.27. The van der Waals surface area contributed by atoms with Gasteiger partial charge in [-0.1, -0.05) is 30.3 Å². The highest BCUT2D eigenvalue weighted by Gasteiger charge is 2.72. The number of nitrogens with zero attached hydrogens (tertiary/aromatic N) is 1. The molecule has 1 saturated carbocycles. The number of sulfonamides is 1. The van der Waals surface area contributed by atoms with Crippen molar-refractivity contribution in [2.45, 2.75) is 67.6 Å². The first-order valence-corrected chi connectivity index (χ1v) is 13.7. The van der Waals surface area contributed by atoms with Crippen LogP contribution in [0.25, 0.3) is 0 Å². The standard InChI is InChI=1S/C26H32N2O5S/c1-16-6-4-5-7-18(16)15-34(30,31)27-19-10-11-26(29)21-14-17-8-9-20(32-3)23-22(17)25(26,24(19)33-23)12-13-28(21)2/h4-9,19,21,24,27,29H,10-15H2,1-3H3/t19-,21-,24+,25+,26-/m1/s1. The summed E-state index contributed by atoms with van der Waals surface area (Å²) in [5, 5.41) is 12.3. The molecule has 7 nitrogen and oxygen atoms in total. The van der Waals surface area contributed by atoms with Gasteiger partial charge in [0.25, 0.3) is 0 Å². The maximum absolute atomic E-state index is 13.3. The zero-order chi connectivity index (χ0) is 23.9. The Morgan fingerprint density at radius 3 is 2.79 bits per heavy atom. The molecule has 4 aliphatic rings. The minimum absolute atomic E-state index is 0.0243. The van der Waals surface area contributed by atoms with Crippen molar-refractivity contribution < 1.29 is 23.0 Å². The number of aliphatic hydroxyl groups is 1. The summed E-state index contributed by atoms with van der Waals surface area (Å²) in [5.74, 6) is 1.24. The first-order valence-electron chi connectivity index (χ1n) is 12.0. The highest BCUT2D eigenvalue weighted by molar-refractivity contribution is 7.88. The molecule has 0 unspecified atom stereocenters. The van der Waals surface area contributed by atoms with E-state index in [2.05, 4.69) is 22.7 Å². The van der Waals surface area contributed by atoms with Crippen LogP contribution in [0.3, 0.4) is 0 Å². The summed E-state index contributed by atoms with van der Waals surface area (Å²) in [6, 6.07) is 11.1. The van der Waals surface area contributed by atoms with E-state index in [9.17, 15) is 13.5 Å². The predicted octanol–water partition coefficient (Wildman–Crippen LogP) is 2.28. The van der Waals surface area contributed by atoms with Gasteiger partial charge in [0.15, 0.2) is 11.5 Å². The molecule has 6 rings (SSSR count). The average molecular weight is 485 g/mol. The highest BCUT2D eigenvalue weighted by Crippen LogP contribution is 2.65. The number of ether oxygens (including phenoxy) is 2. The fraction of sp³-hybridized carbons (Fsp3) is 0.538. The zero-order valence-electron chi connectivity index (χ0n) is 19.9. The number of aryl methyl sites for hydroxylation is 1. The lowest BCUT2D eigenvalue weighted by Crippen LogP contribution is -2.77. The monoisotopic (exact) mass is 484 g/mol. The Balaban J connectivity index is 1.42. The van der Waals surface area contributed by atoms with Gasteiger partial charge >= 0.3 is 0 Å². The molecule has 1 spiro atoms. The molecule has 2 aliphatic carbocycles. The summed E-state index contributed by atoms with van der Waals surface area (Å²) in [6.45, 7) is 2.75. The average Bonchev–Trinajstić information content (AvgIpc) is 3.15. The molecule has 182 valence electrons. The lowest BCUT2D eigenvalue weighted by Gasteiger charge is -2.63. The number of benzene rings is 2. The van der Waals surface area contributed by atoms with Crippen molar-refractivity contribution in [1.29, 1.82) is 0 Å². The predicted molar refractivity (Wildman–Crippen MR) is 129 cm³/mol. The normalized spacial score (nSPS) is 33.8. The Bertz CT molecular complexity index is 1260. The molecule has 2 bridgehead atoms. The topological polar surface area (TPSA) is 88.1 Å². The van der Waals surface area contributed by atoms with Crippen LogP contribution in [0.4, 0.5) is 0 Å². The van der Waals surface area contributed by atoms with Crippen LogP contribution in [0.5, 0.6) is 11.5 Å². The summed E-state index contributed by atoms with van der Waals surface area (Å²) in [6.07, 6.45) is 2.02. The Morgan fingerprint density at radius 2 is 2.03 bits per heavy atom. The van der Waals surface area contributed by atoms with Gasteiger partial charge in [0, 0.05) is 11.6 Å². The summed E-state index contributed by atoms with van der Waals surface area (Å²) in [5.41, 5.74) is 2.31. The first kappa shape index (κ1) is 22.3. The highest BCUT2D eigenvalue weighted by atomic mass is 32.2. The number of likely N-dealkylation sites (tertiary alicyclic amines) is 1. The number of rotatable bonds is 5. The quantitative estimate of drug-likeness (QED) is 0.677. The molecule has 2 aromatic rings. The molecule has 0 aromatic heterocycles. The summed E-state index contributed by atoms with van der Waals surface area (Å²) in [4.78, 5) is 2.26. The Labute approximate surface area is 201 Å². The fourth-order valence-corrected chi connectivity index (χ4v) is 8.79. The molecule has 34 heavy (non-hydrogen) atoms. The third kappa shape index (κ3) is 2.89. The van der Waals surface area contributed by atoms with Gasteiger partial charge in [-0.3, -0.25) is 0 Å². The molecule has 2 aromatic carbocycles. The summed E-state index contributed by atoms with van der Waals surface area (Å²) in [7, 11) is 0.0749. The van der Waals surface area contributed by atoms with Crippen molar-refractivity contribution in [3.05, 3.63) is 58.7 Å². The molecular formula is C26H32N2O5S. The number of hydrogen-bond donors (Lipinski definition) is 2. The Hall–Kier alpha value is -2.13. The third-order valence-electron chi connectivity index (χ3n) is 8.87. The van der Waals surface area contributed by atoms with Gasteiger partial charge in [-0.05, 0) is 69.0 Å². The van der Waals surface area contributed by atoms with E-state index in [1.807, 2.05) is 37.3 Å². The van der Waals surface area contributed by atoms with Crippen LogP contribution in [-0.2, 0) is 27.6 Å². The Morgan fingerprint density at radius 1 is 1.24 bits per heavy atom. The van der Waals surface area contributed by atoms with Crippen LogP contribution in [0, 0.1) is 6.92 Å². The van der Waals surface area contributed by atoms with Crippen molar-refractivity contribution in [3.8, 4) is 11.5 Å². The first-order chi connectivity index (χ1) is 16.2. The second-order valence-electron chi connectivity index (χ2n) is 10.5. The smallest absolute Gasteiger partial charge is 0.216 e. The van der Waals surface area contributed by atoms with E-state index in [4.69, 9.17) is 9.47 Å². The molecule has 2 fully saturated rings. The molecular weight excluding hydrogens is 452 g/mol. The van der Waals surface area contributed by atoms with Crippen LogP contribution in [-0.4, -0.2) is 62.9 Å². The van der Waals surface area contributed by atoms with Gasteiger partial charge in [0.1, 0.15) is 6.10 Å². The summed E-state index contributed by atoms with van der Waals surface area (Å²) < 4.78 is 41.8. The molecule has 8 heteroatoms. The van der Waals surface area contributed by atoms with Crippen molar-refractivity contribution >= 4 is 10.0 Å². The van der Waals surface area contributed by atoms with Crippen molar-refractivity contribution in [2.75, 3.05) is 20.7 Å². The lowest BCUT2D eigenvalue weighted by atomic mass is 9.48. The Kier molecular flexibility index (Phi) is 4.88. The largest absolute Gasteiger partial charge is 0.493 e. The number of nitrogens with one attached hydrogen (secondary N) is 1. The van der Waals surface area contributed by atoms with Crippen LogP contribution >= 0.6 is 0 Å². The van der Waals surface area contributed by atoms with E-state index in [1.54, 1.807) is 7.11 Å². The molecule has 2 heterocycles. The van der Waals surface area contributed by atoms with E-state index >= 15 is 0 Å². The minimum Gasteiger partial charge on any atom is -0.493 e. The molecule has 0 radical (unpaired) electrons. The van der Waals surface area contributed by atoms with E-state index in [0.29, 0.717) is 30.8 Å². The lowest BCUT2D eigenvalue weighted by molar-refractivity contribution is -0.185. The second kappa shape index (κ2) is 7.43. The van der Waals surface area contributed by atoms with E-state index in [0.717, 1.165) is 29.7 Å². The van der Waals surface area contributed by atoms with Crippen LogP contribution < -0.4 is 14.2 Å². The molecule has 1 saturated heterocycles. The van der Waals surface area contributed by atoms with Crippen molar-refractivity contribution in [3.63, 3.8) is 0 Å². The molecule has 0 amide bonds. The molecule has 2 aliphatic heterocycles. The number of likely N-dealkylation sites (N-methyl/N-ethyl adjacent to an activating group) is 1. The maximum atomic E-state index is 13.3. The SMILES string of the molecule is COc1ccc2c3c1O[C@H]1[C@H](NS(=O)(=O)Cc4ccccc4C)CC[C@@]4(O)[C@@H](C2)N(C)CC[C@]314.